The number of hydrogen-bond donors (Lipinski definition) is 2. The number of carbonyl (C=O) groups excluding carboxylic acids is 1. The summed E-state index contributed by atoms with van der Waals surface area (Å²) in [6.07, 6.45) is 0. The van der Waals surface area contributed by atoms with Gasteiger partial charge in [0.05, 0.1) is 6.04 Å². The van der Waals surface area contributed by atoms with Crippen molar-refractivity contribution in [3.05, 3.63) is 64.8 Å². The van der Waals surface area contributed by atoms with Crippen LogP contribution in [0.25, 0.3) is 11.0 Å². The number of hydrogen-bond acceptors (Lipinski definition) is 6. The lowest BCUT2D eigenvalue weighted by atomic mass is 10.0. The minimum absolute atomic E-state index is 0.0671. The molecule has 0 bridgehead atoms. The maximum atomic E-state index is 12.1. The summed E-state index contributed by atoms with van der Waals surface area (Å²) in [4.78, 5) is 12.1. The van der Waals surface area contributed by atoms with Gasteiger partial charge in [0.1, 0.15) is 11.4 Å². The van der Waals surface area contributed by atoms with E-state index in [1.54, 1.807) is 48.5 Å². The molecule has 1 unspecified atom stereocenters. The van der Waals surface area contributed by atoms with Gasteiger partial charge in [0.2, 0.25) is 10.0 Å². The van der Waals surface area contributed by atoms with Crippen LogP contribution in [0.2, 0.25) is 5.02 Å². The summed E-state index contributed by atoms with van der Waals surface area (Å²) in [7, 11) is -3.56. The van der Waals surface area contributed by atoms with Crippen LogP contribution >= 0.6 is 11.6 Å². The van der Waals surface area contributed by atoms with Gasteiger partial charge in [-0.25, -0.2) is 13.6 Å². The molecular weight excluding hydrogens is 426 g/mol. The van der Waals surface area contributed by atoms with E-state index in [2.05, 4.69) is 10.5 Å². The van der Waals surface area contributed by atoms with E-state index in [4.69, 9.17) is 21.3 Å². The first kappa shape index (κ1) is 24.0. The van der Waals surface area contributed by atoms with Crippen LogP contribution < -0.4 is 10.5 Å². The third-order valence-corrected chi connectivity index (χ3v) is 4.85. The van der Waals surface area contributed by atoms with Crippen molar-refractivity contribution in [1.82, 2.24) is 10.5 Å². The van der Waals surface area contributed by atoms with E-state index in [-0.39, 0.29) is 23.1 Å². The molecule has 0 saturated heterocycles. The van der Waals surface area contributed by atoms with Gasteiger partial charge in [-0.3, -0.25) is 4.79 Å². The van der Waals surface area contributed by atoms with E-state index in [0.717, 1.165) is 0 Å². The number of benzene rings is 2. The SMILES string of the molecule is CC(NC(C)(C)C)C(=O)c1cccc(Cl)c1.NS(=O)(=O)Cc1noc2ccccc12. The summed E-state index contributed by atoms with van der Waals surface area (Å²) in [6, 6.07) is 13.9. The third-order valence-electron chi connectivity index (χ3n) is 3.94. The minimum atomic E-state index is -3.56. The van der Waals surface area contributed by atoms with Crippen molar-refractivity contribution in [2.24, 2.45) is 5.14 Å². The molecule has 1 aromatic heterocycles. The number of para-hydroxylation sites is 1. The number of halogens is 1. The van der Waals surface area contributed by atoms with E-state index in [1.165, 1.54) is 0 Å². The first-order valence-electron chi connectivity index (χ1n) is 9.27. The van der Waals surface area contributed by atoms with Gasteiger partial charge in [0.25, 0.3) is 0 Å². The average molecular weight is 452 g/mol. The van der Waals surface area contributed by atoms with Crippen LogP contribution in [0.15, 0.2) is 53.1 Å². The molecular formula is C21H26ClN3O4S. The molecule has 0 amide bonds. The Balaban J connectivity index is 0.000000215. The normalized spacial score (nSPS) is 12.9. The van der Waals surface area contributed by atoms with Crippen LogP contribution in [0.5, 0.6) is 0 Å². The molecule has 0 radical (unpaired) electrons. The van der Waals surface area contributed by atoms with Gasteiger partial charge in [-0.1, -0.05) is 41.0 Å². The molecule has 30 heavy (non-hydrogen) atoms. The van der Waals surface area contributed by atoms with Gasteiger partial charge in [0.15, 0.2) is 11.4 Å². The van der Waals surface area contributed by atoms with Crippen molar-refractivity contribution in [3.63, 3.8) is 0 Å². The number of nitrogens with one attached hydrogen (secondary N) is 1. The largest absolute Gasteiger partial charge is 0.356 e. The van der Waals surface area contributed by atoms with Crippen LogP contribution in [0.4, 0.5) is 0 Å². The molecule has 0 aliphatic heterocycles. The van der Waals surface area contributed by atoms with Crippen molar-refractivity contribution >= 4 is 38.4 Å². The highest BCUT2D eigenvalue weighted by Gasteiger charge is 2.20. The van der Waals surface area contributed by atoms with Gasteiger partial charge in [-0.15, -0.1) is 0 Å². The molecule has 9 heteroatoms. The molecule has 0 aliphatic carbocycles. The maximum absolute atomic E-state index is 12.1. The van der Waals surface area contributed by atoms with Gasteiger partial charge in [-0.2, -0.15) is 0 Å². The predicted octanol–water partition coefficient (Wildman–Crippen LogP) is 3.92. The number of nitrogens with zero attached hydrogens (tertiary/aromatic N) is 1. The highest BCUT2D eigenvalue weighted by Crippen LogP contribution is 2.18. The van der Waals surface area contributed by atoms with Crippen LogP contribution in [0.1, 0.15) is 43.7 Å². The van der Waals surface area contributed by atoms with Gasteiger partial charge in [0, 0.05) is 21.5 Å². The number of nitrogens with two attached hydrogens (primary N) is 1. The minimum Gasteiger partial charge on any atom is -0.356 e. The monoisotopic (exact) mass is 451 g/mol. The Bertz CT molecular complexity index is 1120. The van der Waals surface area contributed by atoms with E-state index in [1.807, 2.05) is 27.7 Å². The van der Waals surface area contributed by atoms with Crippen molar-refractivity contribution in [2.45, 2.75) is 45.0 Å². The van der Waals surface area contributed by atoms with E-state index < -0.39 is 10.0 Å². The number of sulfonamides is 1. The molecule has 0 fully saturated rings. The number of ketones is 1. The molecule has 3 N–H and O–H groups in total. The Labute approximate surface area is 181 Å². The smallest absolute Gasteiger partial charge is 0.214 e. The van der Waals surface area contributed by atoms with Gasteiger partial charge >= 0.3 is 0 Å². The molecule has 3 rings (SSSR count). The number of aromatic nitrogens is 1. The summed E-state index contributed by atoms with van der Waals surface area (Å²) >= 11 is 5.85. The molecule has 1 atom stereocenters. The molecule has 3 aromatic rings. The fourth-order valence-corrected chi connectivity index (χ4v) is 3.62. The van der Waals surface area contributed by atoms with Crippen LogP contribution in [0, 0.1) is 0 Å². The Hall–Kier alpha value is -2.26. The molecule has 0 spiro atoms. The zero-order valence-electron chi connectivity index (χ0n) is 17.3. The van der Waals surface area contributed by atoms with E-state index in [0.29, 0.717) is 27.2 Å². The zero-order valence-corrected chi connectivity index (χ0v) is 18.9. The fraction of sp³-hybridized carbons (Fsp3) is 0.333. The Kier molecular flexibility index (Phi) is 7.76. The average Bonchev–Trinajstić information content (AvgIpc) is 3.01. The molecule has 162 valence electrons. The van der Waals surface area contributed by atoms with Gasteiger partial charge in [-0.05, 0) is 52.0 Å². The summed E-state index contributed by atoms with van der Waals surface area (Å²) in [5, 5.41) is 13.1. The topological polar surface area (TPSA) is 115 Å². The van der Waals surface area contributed by atoms with E-state index >= 15 is 0 Å². The van der Waals surface area contributed by atoms with Crippen molar-refractivity contribution in [1.29, 1.82) is 0 Å². The second kappa shape index (κ2) is 9.70. The van der Waals surface area contributed by atoms with Crippen LogP contribution in [0.3, 0.4) is 0 Å². The quantitative estimate of drug-likeness (QED) is 0.568. The van der Waals surface area contributed by atoms with Crippen LogP contribution in [-0.4, -0.2) is 30.9 Å². The summed E-state index contributed by atoms with van der Waals surface area (Å²) in [6.45, 7) is 7.98. The molecule has 1 heterocycles. The summed E-state index contributed by atoms with van der Waals surface area (Å²) < 4.78 is 26.6. The lowest BCUT2D eigenvalue weighted by Gasteiger charge is -2.25. The van der Waals surface area contributed by atoms with Crippen molar-refractivity contribution in [2.75, 3.05) is 0 Å². The highest BCUT2D eigenvalue weighted by atomic mass is 35.5. The lowest BCUT2D eigenvalue weighted by Crippen LogP contribution is -2.46. The number of Topliss-reactive ketones (excluding diaryl/α,β-unsaturated/α-hetero) is 1. The van der Waals surface area contributed by atoms with E-state index in [9.17, 15) is 13.2 Å². The summed E-state index contributed by atoms with van der Waals surface area (Å²) in [5.41, 5.74) is 1.49. The second-order valence-electron chi connectivity index (χ2n) is 7.92. The van der Waals surface area contributed by atoms with Crippen molar-refractivity contribution in [3.8, 4) is 0 Å². The maximum Gasteiger partial charge on any atom is 0.214 e. The molecule has 2 aromatic carbocycles. The zero-order chi connectivity index (χ0) is 22.5. The Morgan fingerprint density at radius 3 is 2.47 bits per heavy atom. The Morgan fingerprint density at radius 1 is 1.20 bits per heavy atom. The fourth-order valence-electron chi connectivity index (χ4n) is 2.84. The number of primary sulfonamides is 1. The first-order chi connectivity index (χ1) is 13.9. The first-order valence-corrected chi connectivity index (χ1v) is 11.4. The molecule has 0 aliphatic rings. The molecule has 0 saturated carbocycles. The number of fused-ring (bicyclic) bond motifs is 1. The predicted molar refractivity (Wildman–Crippen MR) is 119 cm³/mol. The van der Waals surface area contributed by atoms with Crippen LogP contribution in [-0.2, 0) is 15.8 Å². The van der Waals surface area contributed by atoms with Gasteiger partial charge < -0.3 is 9.84 Å². The number of rotatable bonds is 5. The molecule has 7 nitrogen and oxygen atoms in total. The second-order valence-corrected chi connectivity index (χ2v) is 9.97. The third kappa shape index (κ3) is 7.53. The highest BCUT2D eigenvalue weighted by molar-refractivity contribution is 7.88. The summed E-state index contributed by atoms with van der Waals surface area (Å²) in [5.74, 6) is -0.235. The number of carbonyl (C=O) groups is 1. The van der Waals surface area contributed by atoms with Crippen molar-refractivity contribution < 1.29 is 17.7 Å². The Morgan fingerprint density at radius 2 is 1.87 bits per heavy atom. The standard InChI is InChI=1S/C13H18ClNO.C8H8N2O3S/c1-9(15-13(2,3)4)12(16)10-6-5-7-11(14)8-10;9-14(11,12)5-7-6-3-1-2-4-8(6)13-10-7/h5-9,15H,1-4H3;1-4H,5H2,(H2,9,11,12). The lowest BCUT2D eigenvalue weighted by molar-refractivity contribution is 0.0935.